The molecule has 0 unspecified atom stereocenters. The van der Waals surface area contributed by atoms with Crippen molar-refractivity contribution in [3.8, 4) is 6.07 Å². The van der Waals surface area contributed by atoms with Crippen molar-refractivity contribution in [2.24, 2.45) is 7.05 Å². The van der Waals surface area contributed by atoms with Crippen LogP contribution in [0.4, 0.5) is 17.6 Å². The average Bonchev–Trinajstić information content (AvgIpc) is 3.70. The molecule has 14 heteroatoms. The lowest BCUT2D eigenvalue weighted by molar-refractivity contribution is -0.248. The number of Topliss-reactive ketones (excluding diaryl/α,β-unsaturated/α-hetero) is 1. The number of aryl methyl sites for hydroxylation is 1. The summed E-state index contributed by atoms with van der Waals surface area (Å²) in [6, 6.07) is 12.2. The van der Waals surface area contributed by atoms with E-state index in [2.05, 4.69) is 10.1 Å². The van der Waals surface area contributed by atoms with Crippen molar-refractivity contribution in [2.45, 2.75) is 49.4 Å². The lowest BCUT2D eigenvalue weighted by Crippen LogP contribution is -2.48. The average molecular weight is 654 g/mol. The van der Waals surface area contributed by atoms with Crippen LogP contribution >= 0.6 is 11.6 Å². The fourth-order valence-electron chi connectivity index (χ4n) is 6.07. The van der Waals surface area contributed by atoms with Crippen LogP contribution in [-0.2, 0) is 34.4 Å². The van der Waals surface area contributed by atoms with Gasteiger partial charge in [-0.25, -0.2) is 4.39 Å². The van der Waals surface area contributed by atoms with E-state index >= 15 is 4.39 Å². The molecule has 3 heterocycles. The zero-order valence-corrected chi connectivity index (χ0v) is 24.8. The number of hydrogen-bond donors (Lipinski definition) is 1. The summed E-state index contributed by atoms with van der Waals surface area (Å²) in [7, 11) is 1.35. The van der Waals surface area contributed by atoms with E-state index in [-0.39, 0.29) is 48.4 Å². The van der Waals surface area contributed by atoms with Crippen molar-refractivity contribution in [3.63, 3.8) is 0 Å². The van der Waals surface area contributed by atoms with Gasteiger partial charge in [-0.05, 0) is 42.8 Å². The Balaban J connectivity index is 1.61. The molecule has 2 aliphatic rings. The highest BCUT2D eigenvalue weighted by Crippen LogP contribution is 2.52. The molecule has 46 heavy (non-hydrogen) atoms. The van der Waals surface area contributed by atoms with Gasteiger partial charge in [-0.3, -0.25) is 24.2 Å². The maximum atomic E-state index is 16.7. The molecule has 2 aromatic carbocycles. The van der Waals surface area contributed by atoms with Gasteiger partial charge in [-0.2, -0.15) is 23.5 Å². The largest absolute Gasteiger partial charge is 0.425 e. The highest BCUT2D eigenvalue weighted by Gasteiger charge is 2.60. The van der Waals surface area contributed by atoms with E-state index in [9.17, 15) is 33.1 Å². The van der Waals surface area contributed by atoms with Crippen molar-refractivity contribution in [1.29, 1.82) is 5.26 Å². The van der Waals surface area contributed by atoms with Crippen LogP contribution in [0.15, 0.2) is 67.1 Å². The Kier molecular flexibility index (Phi) is 7.71. The van der Waals surface area contributed by atoms with E-state index in [1.807, 2.05) is 6.07 Å². The number of fused-ring (bicyclic) bond motifs is 1. The van der Waals surface area contributed by atoms with Crippen LogP contribution in [0.25, 0.3) is 0 Å². The van der Waals surface area contributed by atoms with Crippen molar-refractivity contribution >= 4 is 23.3 Å². The molecule has 1 saturated carbocycles. The first kappa shape index (κ1) is 31.3. The normalized spacial score (nSPS) is 20.9. The van der Waals surface area contributed by atoms with Gasteiger partial charge in [0.25, 0.3) is 5.91 Å². The number of hydrogen-bond acceptors (Lipinski definition) is 7. The van der Waals surface area contributed by atoms with Crippen molar-refractivity contribution in [2.75, 3.05) is 0 Å². The maximum Gasteiger partial charge on any atom is 0.425 e. The first-order valence-corrected chi connectivity index (χ1v) is 14.4. The number of carbonyl (C=O) groups is 2. The molecule has 0 saturated heterocycles. The maximum absolute atomic E-state index is 16.7. The molecule has 2 aromatic heterocycles. The quantitative estimate of drug-likeness (QED) is 0.270. The Bertz CT molecular complexity index is 1890. The number of amides is 1. The van der Waals surface area contributed by atoms with Crippen molar-refractivity contribution < 1.29 is 37.0 Å². The van der Waals surface area contributed by atoms with Crippen LogP contribution < -0.4 is 0 Å². The van der Waals surface area contributed by atoms with Gasteiger partial charge in [0.1, 0.15) is 17.7 Å². The summed E-state index contributed by atoms with van der Waals surface area (Å²) in [5.41, 5.74) is -7.64. The number of halogens is 5. The lowest BCUT2D eigenvalue weighted by atomic mass is 9.84. The number of aromatic nitrogens is 3. The van der Waals surface area contributed by atoms with Crippen LogP contribution in [0.2, 0.25) is 5.02 Å². The molecular weight excluding hydrogens is 630 g/mol. The molecule has 0 bridgehead atoms. The third kappa shape index (κ3) is 5.02. The number of pyridine rings is 1. The fourth-order valence-corrected chi connectivity index (χ4v) is 6.20. The molecule has 6 rings (SSSR count). The molecule has 1 N–H and O–H groups in total. The molecule has 0 spiro atoms. The molecule has 236 valence electrons. The second kappa shape index (κ2) is 11.3. The van der Waals surface area contributed by atoms with Crippen LogP contribution in [-0.4, -0.2) is 48.7 Å². The van der Waals surface area contributed by atoms with Crippen LogP contribution in [0.3, 0.4) is 0 Å². The number of alkyl halides is 3. The third-order valence-corrected chi connectivity index (χ3v) is 8.53. The van der Waals surface area contributed by atoms with Gasteiger partial charge in [-0.15, -0.1) is 0 Å². The monoisotopic (exact) mass is 653 g/mol. The summed E-state index contributed by atoms with van der Waals surface area (Å²) in [4.78, 5) is 32.0. The number of carbonyl (C=O) groups excluding carboxylic acids is 2. The highest BCUT2D eigenvalue weighted by atomic mass is 35.5. The van der Waals surface area contributed by atoms with Gasteiger partial charge in [0, 0.05) is 54.0 Å². The van der Waals surface area contributed by atoms with E-state index in [0.29, 0.717) is 11.1 Å². The highest BCUT2D eigenvalue weighted by molar-refractivity contribution is 6.30. The third-order valence-electron chi connectivity index (χ3n) is 8.28. The van der Waals surface area contributed by atoms with Gasteiger partial charge >= 0.3 is 6.18 Å². The topological polar surface area (TPSA) is 121 Å². The minimum absolute atomic E-state index is 0.0314. The summed E-state index contributed by atoms with van der Waals surface area (Å²) < 4.78 is 68.2. The molecule has 4 aromatic rings. The SMILES string of the molecule is Cn1cc([C@@](O)(c2cc(F)c3c(c2)C(=O)N(Cc2ccc(C#N)cn2)[C@@]3(O[C@H]2CCC(=O)C2)c2ccc(Cl)cc2)C(F)(F)F)cn1. The Morgan fingerprint density at radius 2 is 1.87 bits per heavy atom. The zero-order chi connectivity index (χ0) is 33.0. The molecule has 1 amide bonds. The zero-order valence-electron chi connectivity index (χ0n) is 24.1. The number of rotatable bonds is 7. The standard InChI is InChI=1S/C32H24ClF4N5O4/c1-41-16-21(15-40-41)30(45,32(35,36)37)20-10-26-28(27(34)11-20)31(19-3-5-22(33)6-4-19,46-25-9-8-24(43)12-25)42(29(26)44)17-23-7-2-18(13-38)14-39-23/h2-7,10-11,14-16,25,45H,8-9,12,17H2,1H3/t25-,30-,31+/m0/s1. The van der Waals surface area contributed by atoms with Gasteiger partial charge in [-0.1, -0.05) is 23.7 Å². The summed E-state index contributed by atoms with van der Waals surface area (Å²) >= 11 is 6.16. The van der Waals surface area contributed by atoms with E-state index in [1.54, 1.807) is 0 Å². The summed E-state index contributed by atoms with van der Waals surface area (Å²) in [6.07, 6.45) is -2.68. The molecule has 0 radical (unpaired) electrons. The minimum Gasteiger partial charge on any atom is -0.372 e. The Labute approximate surface area is 264 Å². The smallest absolute Gasteiger partial charge is 0.372 e. The first-order chi connectivity index (χ1) is 21.8. The molecule has 1 aliphatic heterocycles. The number of nitriles is 1. The van der Waals surface area contributed by atoms with E-state index in [4.69, 9.17) is 16.3 Å². The number of nitrogens with zero attached hydrogens (tertiary/aromatic N) is 5. The van der Waals surface area contributed by atoms with Crippen molar-refractivity contribution in [1.82, 2.24) is 19.7 Å². The van der Waals surface area contributed by atoms with Gasteiger partial charge in [0.2, 0.25) is 11.3 Å². The van der Waals surface area contributed by atoms with Gasteiger partial charge < -0.3 is 9.84 Å². The van der Waals surface area contributed by atoms with E-state index < -0.39 is 57.6 Å². The van der Waals surface area contributed by atoms with Crippen LogP contribution in [0, 0.1) is 17.1 Å². The molecule has 9 nitrogen and oxygen atoms in total. The van der Waals surface area contributed by atoms with Crippen LogP contribution in [0.5, 0.6) is 0 Å². The predicted molar refractivity (Wildman–Crippen MR) is 153 cm³/mol. The molecule has 1 fully saturated rings. The summed E-state index contributed by atoms with van der Waals surface area (Å²) in [6.45, 7) is -0.330. The van der Waals surface area contributed by atoms with Crippen LogP contribution in [0.1, 0.15) is 63.1 Å². The Hall–Kier alpha value is -4.64. The Morgan fingerprint density at radius 3 is 2.43 bits per heavy atom. The van der Waals surface area contributed by atoms with Crippen molar-refractivity contribution in [3.05, 3.63) is 117 Å². The number of aliphatic hydroxyl groups is 1. The second-order valence-electron chi connectivity index (χ2n) is 11.2. The molecular formula is C32H24ClF4N5O4. The minimum atomic E-state index is -5.35. The van der Waals surface area contributed by atoms with Gasteiger partial charge in [0.05, 0.1) is 41.2 Å². The molecule has 1 aliphatic carbocycles. The predicted octanol–water partition coefficient (Wildman–Crippen LogP) is 5.27. The summed E-state index contributed by atoms with van der Waals surface area (Å²) in [5, 5.41) is 24.5. The Morgan fingerprint density at radius 1 is 1.13 bits per heavy atom. The summed E-state index contributed by atoms with van der Waals surface area (Å²) in [5.74, 6) is -2.29. The first-order valence-electron chi connectivity index (χ1n) is 14.0. The second-order valence-corrected chi connectivity index (χ2v) is 11.6. The van der Waals surface area contributed by atoms with E-state index in [0.717, 1.165) is 28.0 Å². The van der Waals surface area contributed by atoms with E-state index in [1.165, 1.54) is 49.6 Å². The number of ketones is 1. The lowest BCUT2D eigenvalue weighted by Gasteiger charge is -2.41. The fraction of sp³-hybridized carbons (Fsp3) is 0.281. The molecule has 3 atom stereocenters. The van der Waals surface area contributed by atoms with Gasteiger partial charge in [0.15, 0.2) is 0 Å². The number of ether oxygens (including phenoxy) is 1. The number of benzene rings is 2.